The van der Waals surface area contributed by atoms with E-state index in [2.05, 4.69) is 20.9 Å². The Bertz CT molecular complexity index is 1110. The topological polar surface area (TPSA) is 113 Å². The number of hydrogen-bond donors (Lipinski definition) is 4. The van der Waals surface area contributed by atoms with Crippen LogP contribution in [0, 0.1) is 5.82 Å². The monoisotopic (exact) mass is 460 g/mol. The third kappa shape index (κ3) is 6.61. The van der Waals surface area contributed by atoms with Gasteiger partial charge >= 0.3 is 6.09 Å². The maximum Gasteiger partial charge on any atom is 0.412 e. The molecule has 0 saturated heterocycles. The van der Waals surface area contributed by atoms with Gasteiger partial charge in [-0.15, -0.1) is 0 Å². The van der Waals surface area contributed by atoms with Gasteiger partial charge in [0, 0.05) is 18.1 Å². The predicted octanol–water partition coefficient (Wildman–Crippen LogP) is 2.97. The van der Waals surface area contributed by atoms with E-state index >= 15 is 0 Å². The summed E-state index contributed by atoms with van der Waals surface area (Å²) in [6.07, 6.45) is 0.782. The van der Waals surface area contributed by atoms with Gasteiger partial charge < -0.3 is 20.5 Å². The van der Waals surface area contributed by atoms with E-state index in [0.717, 1.165) is 10.9 Å². The van der Waals surface area contributed by atoms with Crippen molar-refractivity contribution < 1.29 is 23.8 Å². The van der Waals surface area contributed by atoms with E-state index in [1.54, 1.807) is 24.3 Å². The Kier molecular flexibility index (Phi) is 8.32. The number of nitrogens with one attached hydrogen (secondary N) is 3. The highest BCUT2D eigenvalue weighted by atomic mass is 35.5. The second-order valence-electron chi connectivity index (χ2n) is 6.82. The lowest BCUT2D eigenvalue weighted by atomic mass is 10.1. The van der Waals surface area contributed by atoms with Gasteiger partial charge in [-0.1, -0.05) is 29.8 Å². The Morgan fingerprint density at radius 2 is 1.94 bits per heavy atom. The molecule has 0 atom stereocenters. The molecule has 0 radical (unpaired) electrons. The van der Waals surface area contributed by atoms with Crippen LogP contribution in [0.4, 0.5) is 15.0 Å². The third-order valence-corrected chi connectivity index (χ3v) is 4.99. The number of halogens is 2. The van der Waals surface area contributed by atoms with Gasteiger partial charge in [-0.3, -0.25) is 10.1 Å². The Morgan fingerprint density at radius 1 is 1.12 bits per heavy atom. The minimum Gasteiger partial charge on any atom is -0.447 e. The molecule has 168 valence electrons. The number of rotatable bonds is 9. The maximum atomic E-state index is 13.3. The first-order valence-electron chi connectivity index (χ1n) is 9.80. The number of fused-ring (bicyclic) bond motifs is 1. The first-order chi connectivity index (χ1) is 15.5. The van der Waals surface area contributed by atoms with Gasteiger partial charge in [-0.25, -0.2) is 14.2 Å². The summed E-state index contributed by atoms with van der Waals surface area (Å²) >= 11 is 6.17. The normalized spacial score (nSPS) is 10.7. The zero-order valence-electron chi connectivity index (χ0n) is 17.0. The van der Waals surface area contributed by atoms with Crippen molar-refractivity contribution in [2.24, 2.45) is 0 Å². The first kappa shape index (κ1) is 23.4. The van der Waals surface area contributed by atoms with Crippen LogP contribution in [0.5, 0.6) is 0 Å². The number of ether oxygens (including phenoxy) is 1. The molecule has 0 fully saturated rings. The number of aliphatic hydroxyl groups excluding tert-OH is 1. The standard InChI is InChI=1S/C22H22ClFN4O4/c23-21-15(2-1-3-16(21)13-29)10-25-12-20(30)26-6-7-32-22(31)28-19-9-17-8-18(24)5-4-14(17)11-27-19/h1-5,8-9,11,25,29H,6-7,10,12-13H2,(H,26,30)(H,27,28,31). The highest BCUT2D eigenvalue weighted by molar-refractivity contribution is 6.32. The van der Waals surface area contributed by atoms with E-state index in [-0.39, 0.29) is 43.8 Å². The molecule has 0 saturated carbocycles. The van der Waals surface area contributed by atoms with Gasteiger partial charge in [-0.05, 0) is 40.8 Å². The van der Waals surface area contributed by atoms with Gasteiger partial charge in [0.1, 0.15) is 18.2 Å². The van der Waals surface area contributed by atoms with Crippen molar-refractivity contribution in [1.29, 1.82) is 0 Å². The number of aliphatic hydroxyl groups is 1. The molecule has 3 aromatic rings. The van der Waals surface area contributed by atoms with Gasteiger partial charge in [0.25, 0.3) is 0 Å². The van der Waals surface area contributed by atoms with Crippen molar-refractivity contribution in [1.82, 2.24) is 15.6 Å². The molecule has 0 unspecified atom stereocenters. The molecule has 0 aliphatic carbocycles. The zero-order chi connectivity index (χ0) is 22.9. The highest BCUT2D eigenvalue weighted by Gasteiger charge is 2.08. The summed E-state index contributed by atoms with van der Waals surface area (Å²) in [5.41, 5.74) is 1.40. The fourth-order valence-electron chi connectivity index (χ4n) is 2.92. The minimum absolute atomic E-state index is 0.0375. The van der Waals surface area contributed by atoms with Gasteiger partial charge in [0.05, 0.1) is 24.7 Å². The molecule has 3 rings (SSSR count). The molecule has 2 aromatic carbocycles. The molecule has 0 aliphatic rings. The van der Waals surface area contributed by atoms with E-state index in [0.29, 0.717) is 22.5 Å². The maximum absolute atomic E-state index is 13.3. The van der Waals surface area contributed by atoms with Gasteiger partial charge in [0.2, 0.25) is 5.91 Å². The molecule has 8 nitrogen and oxygen atoms in total. The van der Waals surface area contributed by atoms with Gasteiger partial charge in [-0.2, -0.15) is 0 Å². The zero-order valence-corrected chi connectivity index (χ0v) is 17.8. The Hall–Kier alpha value is -3.27. The molecule has 0 bridgehead atoms. The summed E-state index contributed by atoms with van der Waals surface area (Å²) < 4.78 is 18.3. The van der Waals surface area contributed by atoms with Crippen LogP contribution in [-0.4, -0.2) is 41.8 Å². The summed E-state index contributed by atoms with van der Waals surface area (Å²) in [6.45, 7) is 0.344. The Balaban J connectivity index is 1.34. The van der Waals surface area contributed by atoms with Crippen molar-refractivity contribution in [3.05, 3.63) is 70.6 Å². The number of pyridine rings is 1. The Labute approximate surface area is 188 Å². The van der Waals surface area contributed by atoms with Crippen molar-refractivity contribution in [3.8, 4) is 0 Å². The molecule has 4 N–H and O–H groups in total. The van der Waals surface area contributed by atoms with Crippen LogP contribution >= 0.6 is 11.6 Å². The number of benzene rings is 2. The van der Waals surface area contributed by atoms with Crippen LogP contribution < -0.4 is 16.0 Å². The van der Waals surface area contributed by atoms with E-state index in [4.69, 9.17) is 16.3 Å². The SMILES string of the molecule is O=C(CNCc1cccc(CO)c1Cl)NCCOC(=O)Nc1cc2cc(F)ccc2cn1. The summed E-state index contributed by atoms with van der Waals surface area (Å²) in [5.74, 6) is -0.434. The number of anilines is 1. The van der Waals surface area contributed by atoms with E-state index in [9.17, 15) is 19.1 Å². The Morgan fingerprint density at radius 3 is 2.75 bits per heavy atom. The summed E-state index contributed by atoms with van der Waals surface area (Å²) in [5, 5.41) is 19.1. The van der Waals surface area contributed by atoms with Crippen LogP contribution in [0.15, 0.2) is 48.7 Å². The van der Waals surface area contributed by atoms with Crippen molar-refractivity contribution in [2.75, 3.05) is 25.0 Å². The number of nitrogens with zero attached hydrogens (tertiary/aromatic N) is 1. The van der Waals surface area contributed by atoms with E-state index < -0.39 is 6.09 Å². The lowest BCUT2D eigenvalue weighted by molar-refractivity contribution is -0.120. The average molecular weight is 461 g/mol. The van der Waals surface area contributed by atoms with Crippen LogP contribution in [-0.2, 0) is 22.7 Å². The van der Waals surface area contributed by atoms with Crippen molar-refractivity contribution >= 4 is 40.2 Å². The van der Waals surface area contributed by atoms with Crippen LogP contribution in [0.2, 0.25) is 5.02 Å². The smallest absolute Gasteiger partial charge is 0.412 e. The predicted molar refractivity (Wildman–Crippen MR) is 119 cm³/mol. The molecule has 32 heavy (non-hydrogen) atoms. The van der Waals surface area contributed by atoms with Crippen molar-refractivity contribution in [3.63, 3.8) is 0 Å². The molecule has 10 heteroatoms. The van der Waals surface area contributed by atoms with Crippen LogP contribution in [0.1, 0.15) is 11.1 Å². The van der Waals surface area contributed by atoms with Crippen LogP contribution in [0.3, 0.4) is 0 Å². The minimum atomic E-state index is -0.737. The summed E-state index contributed by atoms with van der Waals surface area (Å²) in [6, 6.07) is 11.1. The quantitative estimate of drug-likeness (QED) is 0.365. The lowest BCUT2D eigenvalue weighted by Crippen LogP contribution is -2.36. The molecule has 2 amide bonds. The second kappa shape index (κ2) is 11.4. The number of carbonyl (C=O) groups is 2. The van der Waals surface area contributed by atoms with Crippen LogP contribution in [0.25, 0.3) is 10.8 Å². The van der Waals surface area contributed by atoms with Gasteiger partial charge in [0.15, 0.2) is 0 Å². The van der Waals surface area contributed by atoms with E-state index in [1.807, 2.05) is 0 Å². The third-order valence-electron chi connectivity index (χ3n) is 4.50. The lowest BCUT2D eigenvalue weighted by Gasteiger charge is -2.10. The number of carbonyl (C=O) groups excluding carboxylic acids is 2. The molecular weight excluding hydrogens is 439 g/mol. The highest BCUT2D eigenvalue weighted by Crippen LogP contribution is 2.21. The fraction of sp³-hybridized carbons (Fsp3) is 0.227. The first-order valence-corrected chi connectivity index (χ1v) is 10.2. The fourth-order valence-corrected chi connectivity index (χ4v) is 3.17. The molecule has 0 spiro atoms. The summed E-state index contributed by atoms with van der Waals surface area (Å²) in [7, 11) is 0. The molecular formula is C22H22ClFN4O4. The summed E-state index contributed by atoms with van der Waals surface area (Å²) in [4.78, 5) is 27.8. The number of amides is 2. The second-order valence-corrected chi connectivity index (χ2v) is 7.20. The van der Waals surface area contributed by atoms with E-state index in [1.165, 1.54) is 24.4 Å². The number of hydrogen-bond acceptors (Lipinski definition) is 6. The molecule has 0 aliphatic heterocycles. The largest absolute Gasteiger partial charge is 0.447 e. The molecule has 1 heterocycles. The van der Waals surface area contributed by atoms with Crippen molar-refractivity contribution in [2.45, 2.75) is 13.2 Å². The number of aromatic nitrogens is 1. The molecule has 1 aromatic heterocycles. The average Bonchev–Trinajstić information content (AvgIpc) is 2.77.